The monoisotopic (exact) mass is 454 g/mol. The minimum absolute atomic E-state index is 0.136. The van der Waals surface area contributed by atoms with Crippen molar-refractivity contribution < 1.29 is 31.5 Å². The van der Waals surface area contributed by atoms with Crippen LogP contribution in [0.2, 0.25) is 0 Å². The first kappa shape index (κ1) is 22.1. The van der Waals surface area contributed by atoms with Crippen molar-refractivity contribution >= 4 is 43.8 Å². The van der Waals surface area contributed by atoms with E-state index in [-0.39, 0.29) is 32.7 Å². The average Bonchev–Trinajstić information content (AvgIpc) is 2.93. The quantitative estimate of drug-likeness (QED) is 0.451. The highest BCUT2D eigenvalue weighted by atomic mass is 32.2. The molecule has 1 atom stereocenters. The van der Waals surface area contributed by atoms with Crippen LogP contribution in [0.15, 0.2) is 47.4 Å². The molecule has 8 nitrogen and oxygen atoms in total. The molecule has 1 N–H and O–H groups in total. The number of hydrogen-bond donors (Lipinski definition) is 1. The van der Waals surface area contributed by atoms with Crippen molar-refractivity contribution in [2.45, 2.75) is 18.2 Å². The summed E-state index contributed by atoms with van der Waals surface area (Å²) in [5.41, 5.74) is 0.685. The Bertz CT molecular complexity index is 1300. The number of quaternary nitrogens is 1. The number of fused-ring (bicyclic) bond motifs is 1. The Kier molecular flexibility index (Phi) is 5.58. The lowest BCUT2D eigenvalue weighted by molar-refractivity contribution is -0.136. The average molecular weight is 455 g/mol. The lowest BCUT2D eigenvalue weighted by atomic mass is 10.1. The van der Waals surface area contributed by atoms with Gasteiger partial charge in [-0.25, -0.2) is 24.9 Å². The Morgan fingerprint density at radius 2 is 1.90 bits per heavy atom. The van der Waals surface area contributed by atoms with E-state index >= 15 is 0 Å². The molecule has 3 rings (SSSR count). The van der Waals surface area contributed by atoms with Crippen LogP contribution in [0.3, 0.4) is 0 Å². The molecule has 0 radical (unpaired) electrons. The minimum atomic E-state index is -4.24. The Hall–Kier alpha value is -2.60. The second-order valence-electron chi connectivity index (χ2n) is 7.13. The molecule has 0 amide bonds. The predicted octanol–water partition coefficient (Wildman–Crippen LogP) is 2.31. The van der Waals surface area contributed by atoms with Crippen molar-refractivity contribution in [2.75, 3.05) is 14.1 Å². The largest absolute Gasteiger partial charge is 0.724 e. The third-order valence-electron chi connectivity index (χ3n) is 4.92. The zero-order chi connectivity index (χ0) is 22.4. The number of nitrogens with zero attached hydrogens (tertiary/aromatic N) is 2. The highest BCUT2D eigenvalue weighted by molar-refractivity contribution is 7.90. The van der Waals surface area contributed by atoms with E-state index in [1.54, 1.807) is 0 Å². The van der Waals surface area contributed by atoms with Crippen molar-refractivity contribution in [1.82, 2.24) is 7.86 Å². The molecule has 0 fully saturated rings. The number of carbonyl (C=O) groups is 1. The number of carboxylic acids is 1. The highest BCUT2D eigenvalue weighted by Gasteiger charge is 2.29. The van der Waals surface area contributed by atoms with Crippen LogP contribution in [-0.2, 0) is 32.5 Å². The highest BCUT2D eigenvalue weighted by Crippen LogP contribution is 2.32. The van der Waals surface area contributed by atoms with Gasteiger partial charge in [-0.3, -0.25) is 4.79 Å². The SMILES string of the molecule is Cc1c(CC(=O)O)c2cc(F)ccc2n1S(=O)(=O)c1cccc([N+](C)(C)S(=O)[O-])c1. The van der Waals surface area contributed by atoms with E-state index < -0.39 is 43.4 Å². The van der Waals surface area contributed by atoms with Crippen molar-refractivity contribution in [3.8, 4) is 0 Å². The van der Waals surface area contributed by atoms with E-state index in [1.165, 1.54) is 51.4 Å². The van der Waals surface area contributed by atoms with Crippen LogP contribution >= 0.6 is 0 Å². The first-order valence-electron chi connectivity index (χ1n) is 8.68. The van der Waals surface area contributed by atoms with Crippen LogP contribution in [0.1, 0.15) is 11.3 Å². The maximum Gasteiger partial charge on any atom is 0.307 e. The minimum Gasteiger partial charge on any atom is -0.724 e. The maximum atomic E-state index is 13.8. The summed E-state index contributed by atoms with van der Waals surface area (Å²) in [5, 5.41) is 9.40. The van der Waals surface area contributed by atoms with Crippen LogP contribution in [0.4, 0.5) is 10.1 Å². The van der Waals surface area contributed by atoms with Gasteiger partial charge in [0.15, 0.2) is 11.3 Å². The molecule has 0 aliphatic carbocycles. The molecule has 1 aromatic heterocycles. The molecule has 0 spiro atoms. The zero-order valence-corrected chi connectivity index (χ0v) is 18.0. The fourth-order valence-electron chi connectivity index (χ4n) is 3.28. The molecule has 30 heavy (non-hydrogen) atoms. The molecular formula is C19H19FN2O6S2. The summed E-state index contributed by atoms with van der Waals surface area (Å²) in [6, 6.07) is 8.94. The fourth-order valence-corrected chi connectivity index (χ4v) is 5.19. The van der Waals surface area contributed by atoms with Gasteiger partial charge in [0, 0.05) is 23.2 Å². The number of carboxylic acid groups (broad SMARTS) is 1. The summed E-state index contributed by atoms with van der Waals surface area (Å²) >= 11 is -2.56. The number of aromatic nitrogens is 1. The van der Waals surface area contributed by atoms with Gasteiger partial charge in [0.1, 0.15) is 11.5 Å². The number of aliphatic carboxylic acids is 1. The van der Waals surface area contributed by atoms with Gasteiger partial charge in [-0.15, -0.1) is 0 Å². The molecule has 2 aromatic carbocycles. The molecular weight excluding hydrogens is 435 g/mol. The second kappa shape index (κ2) is 7.58. The lowest BCUT2D eigenvalue weighted by Crippen LogP contribution is -2.42. The van der Waals surface area contributed by atoms with E-state index in [2.05, 4.69) is 0 Å². The molecule has 0 saturated heterocycles. The summed E-state index contributed by atoms with van der Waals surface area (Å²) < 4.78 is 64.2. The molecule has 0 aliphatic heterocycles. The molecule has 1 heterocycles. The van der Waals surface area contributed by atoms with Crippen molar-refractivity contribution in [1.29, 1.82) is 0 Å². The van der Waals surface area contributed by atoms with Crippen molar-refractivity contribution in [3.05, 3.63) is 59.5 Å². The van der Waals surface area contributed by atoms with Gasteiger partial charge in [0.25, 0.3) is 10.0 Å². The van der Waals surface area contributed by atoms with Gasteiger partial charge >= 0.3 is 5.97 Å². The Balaban J connectivity index is 2.29. The molecule has 0 saturated carbocycles. The normalized spacial score (nSPS) is 13.5. The van der Waals surface area contributed by atoms with Crippen LogP contribution < -0.4 is 3.89 Å². The predicted molar refractivity (Wildman–Crippen MR) is 110 cm³/mol. The van der Waals surface area contributed by atoms with E-state index in [0.29, 0.717) is 0 Å². The molecule has 0 aliphatic rings. The Morgan fingerprint density at radius 1 is 1.23 bits per heavy atom. The van der Waals surface area contributed by atoms with Crippen LogP contribution in [0.5, 0.6) is 0 Å². The number of benzene rings is 2. The Labute approximate surface area is 175 Å². The molecule has 3 aromatic rings. The van der Waals surface area contributed by atoms with Gasteiger partial charge in [0.05, 0.1) is 30.9 Å². The van der Waals surface area contributed by atoms with Gasteiger partial charge < -0.3 is 9.66 Å². The topological polar surface area (TPSA) is 116 Å². The van der Waals surface area contributed by atoms with E-state index in [1.807, 2.05) is 0 Å². The van der Waals surface area contributed by atoms with Crippen LogP contribution in [0, 0.1) is 12.7 Å². The van der Waals surface area contributed by atoms with Crippen molar-refractivity contribution in [3.63, 3.8) is 0 Å². The first-order chi connectivity index (χ1) is 13.9. The van der Waals surface area contributed by atoms with E-state index in [0.717, 1.165) is 16.1 Å². The lowest BCUT2D eigenvalue weighted by Gasteiger charge is -2.29. The Morgan fingerprint density at radius 3 is 2.50 bits per heavy atom. The maximum absolute atomic E-state index is 13.8. The van der Waals surface area contributed by atoms with Crippen LogP contribution in [0.25, 0.3) is 10.9 Å². The molecule has 1 unspecified atom stereocenters. The van der Waals surface area contributed by atoms with Gasteiger partial charge in [-0.1, -0.05) is 6.07 Å². The third kappa shape index (κ3) is 3.65. The summed E-state index contributed by atoms with van der Waals surface area (Å²) in [7, 11) is -1.47. The van der Waals surface area contributed by atoms with Crippen LogP contribution in [-0.4, -0.2) is 46.3 Å². The second-order valence-corrected chi connectivity index (χ2v) is 10.3. The number of hydrogen-bond acceptors (Lipinski definition) is 5. The van der Waals surface area contributed by atoms with E-state index in [4.69, 9.17) is 0 Å². The standard InChI is InChI=1S/C19H19FN2O6S2/c1-12-16(11-19(23)24)17-9-13(20)7-8-18(17)21(12)30(27,28)15-6-4-5-14(10-15)22(2,3)29(25)26/h4-10H,11H2,1-3H3,(H-,23,24,25,26). The molecule has 0 bridgehead atoms. The summed E-state index contributed by atoms with van der Waals surface area (Å²) in [4.78, 5) is 11.1. The summed E-state index contributed by atoms with van der Waals surface area (Å²) in [5.74, 6) is -1.81. The first-order valence-corrected chi connectivity index (χ1v) is 11.2. The summed E-state index contributed by atoms with van der Waals surface area (Å²) in [6.45, 7) is 1.45. The van der Waals surface area contributed by atoms with Gasteiger partial charge in [-0.2, -0.15) is 0 Å². The summed E-state index contributed by atoms with van der Waals surface area (Å²) in [6.07, 6.45) is -0.479. The number of halogens is 1. The van der Waals surface area contributed by atoms with Gasteiger partial charge in [-0.05, 0) is 36.8 Å². The smallest absolute Gasteiger partial charge is 0.307 e. The molecule has 11 heteroatoms. The van der Waals surface area contributed by atoms with Crippen molar-refractivity contribution in [2.24, 2.45) is 0 Å². The number of rotatable bonds is 6. The van der Waals surface area contributed by atoms with Gasteiger partial charge in [0.2, 0.25) is 0 Å². The fraction of sp³-hybridized carbons (Fsp3) is 0.211. The van der Waals surface area contributed by atoms with E-state index in [9.17, 15) is 31.5 Å². The zero-order valence-electron chi connectivity index (χ0n) is 16.3. The molecule has 160 valence electrons. The third-order valence-corrected chi connectivity index (χ3v) is 7.68.